The average molecular weight is 300 g/mol. The van der Waals surface area contributed by atoms with Crippen molar-refractivity contribution in [1.29, 1.82) is 0 Å². The van der Waals surface area contributed by atoms with E-state index in [0.717, 1.165) is 19.3 Å². The fourth-order valence-corrected chi connectivity index (χ4v) is 5.69. The molecular weight excluding hydrogens is 282 g/mol. The van der Waals surface area contributed by atoms with Crippen LogP contribution in [-0.4, -0.2) is 29.8 Å². The Balaban J connectivity index is 2.22. The molecule has 2 saturated carbocycles. The highest BCUT2D eigenvalue weighted by molar-refractivity contribution is 7.72. The van der Waals surface area contributed by atoms with Gasteiger partial charge >= 0.3 is 15.2 Å². The number of hydrogen-bond acceptors (Lipinski definition) is 3. The number of aliphatic hydroxyl groups is 1. The molecule has 0 aromatic carbocycles. The highest BCUT2D eigenvalue weighted by Crippen LogP contribution is 2.71. The molecule has 0 aromatic heterocycles. The normalized spacial score (nSPS) is 33.1. The molecule has 0 spiro atoms. The van der Waals surface area contributed by atoms with E-state index in [1.165, 1.54) is 0 Å². The first-order valence-corrected chi connectivity index (χ1v) is 9.11. The summed E-state index contributed by atoms with van der Waals surface area (Å²) in [5.41, 5.74) is 0. The van der Waals surface area contributed by atoms with Gasteiger partial charge in [-0.2, -0.15) is 0 Å². The van der Waals surface area contributed by atoms with Crippen molar-refractivity contribution in [3.05, 3.63) is 0 Å². The molecule has 0 heterocycles. The van der Waals surface area contributed by atoms with Crippen LogP contribution >= 0.6 is 15.2 Å². The van der Waals surface area contributed by atoms with Crippen molar-refractivity contribution in [3.63, 3.8) is 0 Å². The highest BCUT2D eigenvalue weighted by atomic mass is 31.2. The van der Waals surface area contributed by atoms with Gasteiger partial charge in [0.1, 0.15) is 0 Å². The van der Waals surface area contributed by atoms with Gasteiger partial charge in [0.15, 0.2) is 0 Å². The maximum absolute atomic E-state index is 11.2. The van der Waals surface area contributed by atoms with Crippen LogP contribution in [0.25, 0.3) is 0 Å². The summed E-state index contributed by atoms with van der Waals surface area (Å²) >= 11 is 0. The quantitative estimate of drug-likeness (QED) is 0.485. The van der Waals surface area contributed by atoms with Crippen LogP contribution in [0.2, 0.25) is 0 Å². The molecule has 0 saturated heterocycles. The van der Waals surface area contributed by atoms with E-state index in [1.807, 2.05) is 0 Å². The minimum atomic E-state index is -5.29. The van der Waals surface area contributed by atoms with Crippen LogP contribution in [0.1, 0.15) is 32.1 Å². The lowest BCUT2D eigenvalue weighted by Gasteiger charge is -2.34. The van der Waals surface area contributed by atoms with Gasteiger partial charge in [-0.15, -0.1) is 0 Å². The lowest BCUT2D eigenvalue weighted by molar-refractivity contribution is 0.0947. The van der Waals surface area contributed by atoms with Crippen molar-refractivity contribution in [2.75, 3.05) is 0 Å². The second kappa shape index (κ2) is 4.38. The zero-order valence-electron chi connectivity index (χ0n) is 9.71. The highest BCUT2D eigenvalue weighted by Gasteiger charge is 2.61. The summed E-state index contributed by atoms with van der Waals surface area (Å²) in [5.74, 6) is 0.478. The molecule has 7 nitrogen and oxygen atoms in total. The number of fused-ring (bicyclic) bond motifs is 2. The third-order valence-electron chi connectivity index (χ3n) is 4.35. The Hall–Kier alpha value is 0.260. The van der Waals surface area contributed by atoms with E-state index in [-0.39, 0.29) is 11.8 Å². The third kappa shape index (κ3) is 2.34. The molecule has 5 N–H and O–H groups in total. The van der Waals surface area contributed by atoms with E-state index in [0.29, 0.717) is 12.3 Å². The first-order valence-electron chi connectivity index (χ1n) is 5.88. The van der Waals surface area contributed by atoms with Crippen LogP contribution in [0.3, 0.4) is 0 Å². The van der Waals surface area contributed by atoms with Crippen molar-refractivity contribution in [2.24, 2.45) is 17.8 Å². The Morgan fingerprint density at radius 3 is 1.89 bits per heavy atom. The lowest BCUT2D eigenvalue weighted by atomic mass is 9.86. The Kier molecular flexibility index (Phi) is 3.57. The van der Waals surface area contributed by atoms with Gasteiger partial charge in [0, 0.05) is 6.42 Å². The van der Waals surface area contributed by atoms with Crippen LogP contribution in [0.4, 0.5) is 0 Å². The predicted molar refractivity (Wildman–Crippen MR) is 62.6 cm³/mol. The molecule has 9 heteroatoms. The lowest BCUT2D eigenvalue weighted by Crippen LogP contribution is -2.33. The molecule has 2 bridgehead atoms. The van der Waals surface area contributed by atoms with Gasteiger partial charge in [-0.05, 0) is 37.0 Å². The SMILES string of the molecule is O=P(O)(O)C(O)(C[C@@H]1C[C@H]2CC[C@@H]1C2)P(=O)(O)O. The van der Waals surface area contributed by atoms with Gasteiger partial charge in [-0.25, -0.2) is 0 Å². The fourth-order valence-electron chi connectivity index (χ4n) is 3.39. The van der Waals surface area contributed by atoms with Crippen molar-refractivity contribution < 1.29 is 33.8 Å². The maximum atomic E-state index is 11.2. The minimum Gasteiger partial charge on any atom is -0.368 e. The Morgan fingerprint density at radius 1 is 1.00 bits per heavy atom. The molecular formula is C9H18O7P2. The molecule has 106 valence electrons. The zero-order chi connectivity index (χ0) is 13.8. The summed E-state index contributed by atoms with van der Waals surface area (Å²) < 4.78 is 22.5. The molecule has 0 amide bonds. The standard InChI is InChI=1S/C9H18O7P2/c10-9(17(11,12)13,18(14,15)16)5-8-4-6-1-2-7(8)3-6/h6-8,10H,1-5H2,(H2,11,12,13)(H2,14,15,16)/t6-,7+,8-/m0/s1. The smallest absolute Gasteiger partial charge is 0.368 e. The summed E-state index contributed by atoms with van der Waals surface area (Å²) in [5, 5.41) is 6.62. The number of rotatable bonds is 4. The van der Waals surface area contributed by atoms with Crippen molar-refractivity contribution in [1.82, 2.24) is 0 Å². The summed E-state index contributed by atoms with van der Waals surface area (Å²) in [7, 11) is -10.6. The summed E-state index contributed by atoms with van der Waals surface area (Å²) in [6.45, 7) is 0. The van der Waals surface area contributed by atoms with Crippen LogP contribution in [0.15, 0.2) is 0 Å². The summed E-state index contributed by atoms with van der Waals surface area (Å²) in [6, 6.07) is 0. The topological polar surface area (TPSA) is 135 Å². The second-order valence-corrected chi connectivity index (χ2v) is 9.51. The first kappa shape index (κ1) is 14.7. The summed E-state index contributed by atoms with van der Waals surface area (Å²) in [4.78, 5) is 36.3. The number of hydrogen-bond donors (Lipinski definition) is 5. The van der Waals surface area contributed by atoms with Crippen molar-refractivity contribution >= 4 is 15.2 Å². The van der Waals surface area contributed by atoms with Gasteiger partial charge < -0.3 is 24.7 Å². The van der Waals surface area contributed by atoms with Gasteiger partial charge in [-0.1, -0.05) is 6.42 Å². The van der Waals surface area contributed by atoms with E-state index < -0.39 is 26.7 Å². The van der Waals surface area contributed by atoms with E-state index in [4.69, 9.17) is 19.6 Å². The fraction of sp³-hybridized carbons (Fsp3) is 1.00. The van der Waals surface area contributed by atoms with E-state index >= 15 is 0 Å². The molecule has 0 aromatic rings. The van der Waals surface area contributed by atoms with Crippen LogP contribution in [0.5, 0.6) is 0 Å². The van der Waals surface area contributed by atoms with Crippen molar-refractivity contribution in [2.45, 2.75) is 37.2 Å². The molecule has 2 aliphatic carbocycles. The average Bonchev–Trinajstić information content (AvgIpc) is 2.75. The zero-order valence-corrected chi connectivity index (χ0v) is 11.5. The Bertz CT molecular complexity index is 403. The molecule has 0 radical (unpaired) electrons. The molecule has 2 aliphatic rings. The van der Waals surface area contributed by atoms with E-state index in [9.17, 15) is 14.2 Å². The maximum Gasteiger partial charge on any atom is 0.369 e. The monoisotopic (exact) mass is 300 g/mol. The van der Waals surface area contributed by atoms with Gasteiger partial charge in [-0.3, -0.25) is 9.13 Å². The predicted octanol–water partition coefficient (Wildman–Crippen LogP) is 0.814. The van der Waals surface area contributed by atoms with Gasteiger partial charge in [0.05, 0.1) is 0 Å². The van der Waals surface area contributed by atoms with Crippen molar-refractivity contribution in [3.8, 4) is 0 Å². The van der Waals surface area contributed by atoms with E-state index in [1.54, 1.807) is 0 Å². The first-order chi connectivity index (χ1) is 8.04. The van der Waals surface area contributed by atoms with E-state index in [2.05, 4.69) is 0 Å². The molecule has 2 fully saturated rings. The Morgan fingerprint density at radius 2 is 1.56 bits per heavy atom. The molecule has 18 heavy (non-hydrogen) atoms. The van der Waals surface area contributed by atoms with Crippen LogP contribution in [0, 0.1) is 17.8 Å². The van der Waals surface area contributed by atoms with Gasteiger partial charge in [0.25, 0.3) is 5.08 Å². The third-order valence-corrected chi connectivity index (χ3v) is 8.15. The largest absolute Gasteiger partial charge is 0.369 e. The van der Waals surface area contributed by atoms with Crippen LogP contribution < -0.4 is 0 Å². The molecule has 2 rings (SSSR count). The summed E-state index contributed by atoms with van der Waals surface area (Å²) in [6.07, 6.45) is 3.07. The van der Waals surface area contributed by atoms with Crippen LogP contribution in [-0.2, 0) is 9.13 Å². The molecule has 0 unspecified atom stereocenters. The molecule has 0 aliphatic heterocycles. The second-order valence-electron chi connectivity index (χ2n) is 5.50. The van der Waals surface area contributed by atoms with Gasteiger partial charge in [0.2, 0.25) is 0 Å². The Labute approximate surface area is 105 Å². The molecule has 3 atom stereocenters. The minimum absolute atomic E-state index is 0.214.